The first kappa shape index (κ1) is 14.4. The first-order valence-corrected chi connectivity index (χ1v) is 6.62. The molecule has 1 aliphatic heterocycles. The van der Waals surface area contributed by atoms with E-state index in [1.807, 2.05) is 30.3 Å². The van der Waals surface area contributed by atoms with E-state index in [-0.39, 0.29) is 0 Å². The maximum absolute atomic E-state index is 12.6. The molecule has 5 heteroatoms. The van der Waals surface area contributed by atoms with E-state index >= 15 is 0 Å². The molecule has 0 spiro atoms. The topological polar surface area (TPSA) is 21.6 Å². The van der Waals surface area contributed by atoms with Crippen molar-refractivity contribution in [2.45, 2.75) is 12.3 Å². The molecule has 1 heterocycles. The molecule has 0 fully saturated rings. The summed E-state index contributed by atoms with van der Waals surface area (Å²) in [5.41, 5.74) is 1.86. The molecular weight excluding hydrogens is 291 g/mol. The van der Waals surface area contributed by atoms with E-state index in [1.165, 1.54) is 12.1 Å². The van der Waals surface area contributed by atoms with Crippen molar-refractivity contribution < 1.29 is 18.0 Å². The van der Waals surface area contributed by atoms with E-state index in [0.717, 1.165) is 17.7 Å². The highest BCUT2D eigenvalue weighted by Gasteiger charge is 2.32. The Labute approximate surface area is 125 Å². The van der Waals surface area contributed by atoms with Crippen LogP contribution in [-0.4, -0.2) is 5.71 Å². The van der Waals surface area contributed by atoms with Gasteiger partial charge in [0.15, 0.2) is 6.10 Å². The number of nitrogens with zero attached hydrogens (tertiary/aromatic N) is 1. The zero-order chi connectivity index (χ0) is 15.7. The van der Waals surface area contributed by atoms with Crippen LogP contribution in [0.15, 0.2) is 71.9 Å². The van der Waals surface area contributed by atoms with Gasteiger partial charge in [0.25, 0.3) is 0 Å². The lowest BCUT2D eigenvalue weighted by Crippen LogP contribution is -2.08. The summed E-state index contributed by atoms with van der Waals surface area (Å²) < 4.78 is 37.8. The molecule has 0 saturated heterocycles. The van der Waals surface area contributed by atoms with Gasteiger partial charge >= 0.3 is 6.18 Å². The lowest BCUT2D eigenvalue weighted by molar-refractivity contribution is -0.137. The fourth-order valence-corrected chi connectivity index (χ4v) is 2.30. The fourth-order valence-electron chi connectivity index (χ4n) is 2.30. The molecular formula is C17H12F3NO. The SMILES string of the molecule is C=C1C(c2ccc(C(F)(F)F)cc2)=NOC1c1ccccc1. The third kappa shape index (κ3) is 2.62. The molecule has 0 radical (unpaired) electrons. The Hall–Kier alpha value is -2.56. The molecule has 0 aliphatic carbocycles. The molecule has 3 rings (SSSR count). The normalized spacial score (nSPS) is 18.0. The van der Waals surface area contributed by atoms with Crippen molar-refractivity contribution in [3.8, 4) is 0 Å². The Balaban J connectivity index is 1.84. The largest absolute Gasteiger partial charge is 0.416 e. The third-order valence-electron chi connectivity index (χ3n) is 3.46. The average Bonchev–Trinajstić information content (AvgIpc) is 2.89. The second-order valence-electron chi connectivity index (χ2n) is 4.94. The molecule has 2 aromatic rings. The third-order valence-corrected chi connectivity index (χ3v) is 3.46. The molecule has 1 atom stereocenters. The molecule has 2 nitrogen and oxygen atoms in total. The summed E-state index contributed by atoms with van der Waals surface area (Å²) in [4.78, 5) is 5.38. The van der Waals surface area contributed by atoms with Gasteiger partial charge in [-0.05, 0) is 17.7 Å². The van der Waals surface area contributed by atoms with Crippen LogP contribution in [0.4, 0.5) is 13.2 Å². The molecule has 0 amide bonds. The lowest BCUT2D eigenvalue weighted by Gasteiger charge is -2.10. The molecule has 2 aromatic carbocycles. The van der Waals surface area contributed by atoms with Gasteiger partial charge in [-0.1, -0.05) is 54.2 Å². The maximum Gasteiger partial charge on any atom is 0.416 e. The van der Waals surface area contributed by atoms with Crippen molar-refractivity contribution in [3.05, 3.63) is 83.4 Å². The van der Waals surface area contributed by atoms with Crippen molar-refractivity contribution in [2.75, 3.05) is 0 Å². The number of benzene rings is 2. The number of hydrogen-bond acceptors (Lipinski definition) is 2. The van der Waals surface area contributed by atoms with Crippen molar-refractivity contribution in [2.24, 2.45) is 5.16 Å². The van der Waals surface area contributed by atoms with E-state index in [9.17, 15) is 13.2 Å². The Morgan fingerprint density at radius 3 is 2.18 bits per heavy atom. The summed E-state index contributed by atoms with van der Waals surface area (Å²) in [5.74, 6) is 0. The molecule has 0 bridgehead atoms. The quantitative estimate of drug-likeness (QED) is 0.785. The minimum Gasteiger partial charge on any atom is -0.382 e. The highest BCUT2D eigenvalue weighted by Crippen LogP contribution is 2.34. The minimum atomic E-state index is -4.35. The first-order chi connectivity index (χ1) is 10.5. The van der Waals surface area contributed by atoms with Gasteiger partial charge in [0.1, 0.15) is 5.71 Å². The number of rotatable bonds is 2. The van der Waals surface area contributed by atoms with Gasteiger partial charge in [-0.25, -0.2) is 0 Å². The van der Waals surface area contributed by atoms with Crippen LogP contribution >= 0.6 is 0 Å². The van der Waals surface area contributed by atoms with Gasteiger partial charge in [0.05, 0.1) is 5.56 Å². The summed E-state index contributed by atoms with van der Waals surface area (Å²) in [6, 6.07) is 14.2. The smallest absolute Gasteiger partial charge is 0.382 e. The van der Waals surface area contributed by atoms with Gasteiger partial charge in [-0.2, -0.15) is 13.2 Å². The number of alkyl halides is 3. The Morgan fingerprint density at radius 1 is 0.955 bits per heavy atom. The van der Waals surface area contributed by atoms with Crippen LogP contribution in [0.5, 0.6) is 0 Å². The van der Waals surface area contributed by atoms with E-state index in [1.54, 1.807) is 0 Å². The summed E-state index contributed by atoms with van der Waals surface area (Å²) in [6.07, 6.45) is -4.76. The zero-order valence-corrected chi connectivity index (χ0v) is 11.5. The van der Waals surface area contributed by atoms with Crippen molar-refractivity contribution in [1.82, 2.24) is 0 Å². The predicted molar refractivity (Wildman–Crippen MR) is 77.4 cm³/mol. The van der Waals surface area contributed by atoms with Crippen LogP contribution in [0, 0.1) is 0 Å². The van der Waals surface area contributed by atoms with Gasteiger partial charge in [-0.3, -0.25) is 0 Å². The van der Waals surface area contributed by atoms with E-state index in [0.29, 0.717) is 16.8 Å². The van der Waals surface area contributed by atoms with Gasteiger partial charge in [0, 0.05) is 11.1 Å². The van der Waals surface area contributed by atoms with Crippen molar-refractivity contribution >= 4 is 5.71 Å². The zero-order valence-electron chi connectivity index (χ0n) is 11.5. The summed E-state index contributed by atoms with van der Waals surface area (Å²) in [6.45, 7) is 3.96. The van der Waals surface area contributed by atoms with Crippen LogP contribution in [0.25, 0.3) is 0 Å². The molecule has 0 saturated carbocycles. The van der Waals surface area contributed by atoms with Crippen molar-refractivity contribution in [3.63, 3.8) is 0 Å². The summed E-state index contributed by atoms with van der Waals surface area (Å²) >= 11 is 0. The maximum atomic E-state index is 12.6. The molecule has 1 aliphatic rings. The Kier molecular flexibility index (Phi) is 3.48. The van der Waals surface area contributed by atoms with E-state index < -0.39 is 17.8 Å². The van der Waals surface area contributed by atoms with Crippen LogP contribution in [0.3, 0.4) is 0 Å². The Morgan fingerprint density at radius 2 is 1.59 bits per heavy atom. The lowest BCUT2D eigenvalue weighted by atomic mass is 9.95. The second-order valence-corrected chi connectivity index (χ2v) is 4.94. The number of hydrogen-bond donors (Lipinski definition) is 0. The standard InChI is InChI=1S/C17H12F3NO/c1-11-15(12-7-9-14(10-8-12)17(18,19)20)21-22-16(11)13-5-3-2-4-6-13/h2-10,16H,1H2. The monoisotopic (exact) mass is 303 g/mol. The van der Waals surface area contributed by atoms with Gasteiger partial charge < -0.3 is 4.84 Å². The van der Waals surface area contributed by atoms with Crippen LogP contribution in [-0.2, 0) is 11.0 Å². The van der Waals surface area contributed by atoms with Crippen molar-refractivity contribution in [1.29, 1.82) is 0 Å². The molecule has 0 aromatic heterocycles. The number of halogens is 3. The summed E-state index contributed by atoms with van der Waals surface area (Å²) in [5, 5.41) is 3.97. The van der Waals surface area contributed by atoms with Crippen LogP contribution in [0.1, 0.15) is 22.8 Å². The Bertz CT molecular complexity index is 718. The minimum absolute atomic E-state index is 0.404. The van der Waals surface area contributed by atoms with E-state index in [4.69, 9.17) is 4.84 Å². The predicted octanol–water partition coefficient (Wildman–Crippen LogP) is 4.74. The molecule has 112 valence electrons. The fraction of sp³-hybridized carbons (Fsp3) is 0.118. The van der Waals surface area contributed by atoms with Crippen LogP contribution in [0.2, 0.25) is 0 Å². The van der Waals surface area contributed by atoms with E-state index in [2.05, 4.69) is 11.7 Å². The second kappa shape index (κ2) is 5.33. The first-order valence-electron chi connectivity index (χ1n) is 6.62. The van der Waals surface area contributed by atoms with Gasteiger partial charge in [0.2, 0.25) is 0 Å². The van der Waals surface area contributed by atoms with Crippen LogP contribution < -0.4 is 0 Å². The highest BCUT2D eigenvalue weighted by atomic mass is 19.4. The van der Waals surface area contributed by atoms with Gasteiger partial charge in [-0.15, -0.1) is 0 Å². The summed E-state index contributed by atoms with van der Waals surface area (Å²) in [7, 11) is 0. The highest BCUT2D eigenvalue weighted by molar-refractivity contribution is 6.13. The molecule has 0 N–H and O–H groups in total. The average molecular weight is 303 g/mol. The molecule has 22 heavy (non-hydrogen) atoms. The number of oxime groups is 1. The molecule has 1 unspecified atom stereocenters.